The van der Waals surface area contributed by atoms with Gasteiger partial charge in [0.15, 0.2) is 0 Å². The van der Waals surface area contributed by atoms with Crippen molar-refractivity contribution in [3.63, 3.8) is 0 Å². The maximum absolute atomic E-state index is 9.02. The van der Waals surface area contributed by atoms with Crippen LogP contribution in [-0.4, -0.2) is 48.0 Å². The third-order valence-corrected chi connectivity index (χ3v) is 4.80. The van der Waals surface area contributed by atoms with E-state index in [4.69, 9.17) is 10.2 Å². The minimum atomic E-state index is 0.135. The first-order chi connectivity index (χ1) is 11.3. The van der Waals surface area contributed by atoms with Gasteiger partial charge in [-0.15, -0.1) is 11.8 Å². The molecule has 0 saturated carbocycles. The van der Waals surface area contributed by atoms with Crippen LogP contribution in [0.5, 0.6) is 0 Å². The van der Waals surface area contributed by atoms with Crippen molar-refractivity contribution in [2.45, 2.75) is 17.1 Å². The quantitative estimate of drug-likeness (QED) is 0.657. The molecule has 2 aromatic rings. The second-order valence-electron chi connectivity index (χ2n) is 5.46. The molecule has 2 rings (SSSR count). The monoisotopic (exact) mass is 331 g/mol. The summed E-state index contributed by atoms with van der Waals surface area (Å²) >= 11 is 1.85. The molecule has 0 aliphatic rings. The van der Waals surface area contributed by atoms with E-state index in [2.05, 4.69) is 53.4 Å². The van der Waals surface area contributed by atoms with Crippen molar-refractivity contribution in [3.8, 4) is 0 Å². The fraction of sp³-hybridized carbons (Fsp3) is 0.368. The van der Waals surface area contributed by atoms with Crippen LogP contribution in [0.2, 0.25) is 0 Å². The Morgan fingerprint density at radius 2 is 1.35 bits per heavy atom. The Labute approximate surface area is 143 Å². The Bertz CT molecular complexity index is 539. The van der Waals surface area contributed by atoms with Gasteiger partial charge in [0.2, 0.25) is 0 Å². The number of nitrogens with zero attached hydrogens (tertiary/aromatic N) is 1. The fourth-order valence-corrected chi connectivity index (χ4v) is 3.27. The Kier molecular flexibility index (Phi) is 8.18. The molecule has 124 valence electrons. The zero-order valence-electron chi connectivity index (χ0n) is 13.4. The summed E-state index contributed by atoms with van der Waals surface area (Å²) in [6.45, 7) is 2.36. The highest BCUT2D eigenvalue weighted by atomic mass is 32.2. The average molecular weight is 331 g/mol. The number of aliphatic hydroxyl groups is 2. The van der Waals surface area contributed by atoms with Crippen molar-refractivity contribution in [1.82, 2.24) is 4.90 Å². The molecule has 0 unspecified atom stereocenters. The van der Waals surface area contributed by atoms with Crippen LogP contribution < -0.4 is 0 Å². The normalized spacial score (nSPS) is 11.1. The molecule has 3 nitrogen and oxygen atoms in total. The zero-order chi connectivity index (χ0) is 16.3. The third-order valence-electron chi connectivity index (χ3n) is 3.72. The van der Waals surface area contributed by atoms with Crippen molar-refractivity contribution < 1.29 is 10.2 Å². The van der Waals surface area contributed by atoms with E-state index in [1.165, 1.54) is 16.0 Å². The highest BCUT2D eigenvalue weighted by molar-refractivity contribution is 7.98. The van der Waals surface area contributed by atoms with E-state index in [0.717, 1.165) is 18.7 Å². The number of hydrogen-bond acceptors (Lipinski definition) is 4. The predicted octanol–water partition coefficient (Wildman–Crippen LogP) is 2.81. The Balaban J connectivity index is 1.79. The third kappa shape index (κ3) is 6.75. The van der Waals surface area contributed by atoms with Gasteiger partial charge in [-0.05, 0) is 29.7 Å². The summed E-state index contributed by atoms with van der Waals surface area (Å²) in [5.74, 6) is 0.978. The molecule has 0 atom stereocenters. The Morgan fingerprint density at radius 1 is 0.739 bits per heavy atom. The molecule has 0 fully saturated rings. The second-order valence-corrected chi connectivity index (χ2v) is 6.51. The van der Waals surface area contributed by atoms with Crippen LogP contribution in [0, 0.1) is 0 Å². The van der Waals surface area contributed by atoms with E-state index in [-0.39, 0.29) is 13.2 Å². The average Bonchev–Trinajstić information content (AvgIpc) is 2.60. The summed E-state index contributed by atoms with van der Waals surface area (Å²) in [6, 6.07) is 19.2. The van der Waals surface area contributed by atoms with E-state index in [0.29, 0.717) is 13.1 Å². The highest BCUT2D eigenvalue weighted by Crippen LogP contribution is 2.22. The molecule has 0 spiro atoms. The van der Waals surface area contributed by atoms with E-state index >= 15 is 0 Å². The summed E-state index contributed by atoms with van der Waals surface area (Å²) in [5, 5.41) is 18.0. The first-order valence-electron chi connectivity index (χ1n) is 8.01. The van der Waals surface area contributed by atoms with Crippen LogP contribution in [-0.2, 0) is 12.2 Å². The molecular formula is C19H25NO2S. The topological polar surface area (TPSA) is 43.7 Å². The van der Waals surface area contributed by atoms with Crippen molar-refractivity contribution >= 4 is 11.8 Å². The van der Waals surface area contributed by atoms with Crippen LogP contribution >= 0.6 is 11.8 Å². The van der Waals surface area contributed by atoms with Crippen molar-refractivity contribution in [2.24, 2.45) is 0 Å². The molecule has 23 heavy (non-hydrogen) atoms. The molecule has 0 aliphatic carbocycles. The number of thioether (sulfide) groups is 1. The van der Waals surface area contributed by atoms with Gasteiger partial charge in [-0.25, -0.2) is 0 Å². The maximum atomic E-state index is 9.02. The Morgan fingerprint density at radius 3 is 1.96 bits per heavy atom. The van der Waals surface area contributed by atoms with Crippen LogP contribution in [0.25, 0.3) is 0 Å². The van der Waals surface area contributed by atoms with Gasteiger partial charge in [-0.2, -0.15) is 0 Å². The lowest BCUT2D eigenvalue weighted by Gasteiger charge is -2.19. The van der Waals surface area contributed by atoms with Gasteiger partial charge in [0.25, 0.3) is 0 Å². The predicted molar refractivity (Wildman–Crippen MR) is 96.8 cm³/mol. The molecule has 0 amide bonds. The molecule has 0 aromatic heterocycles. The van der Waals surface area contributed by atoms with Gasteiger partial charge in [0.05, 0.1) is 13.2 Å². The van der Waals surface area contributed by atoms with Gasteiger partial charge in [-0.1, -0.05) is 42.5 Å². The van der Waals surface area contributed by atoms with E-state index < -0.39 is 0 Å². The smallest absolute Gasteiger partial charge is 0.0558 e. The largest absolute Gasteiger partial charge is 0.395 e. The standard InChI is InChI=1S/C19H25NO2S/c21-14-12-20(13-15-22)11-10-17-6-8-18(9-7-17)16-23-19-4-2-1-3-5-19/h1-9,21-22H,10-16H2. The summed E-state index contributed by atoms with van der Waals surface area (Å²) < 4.78 is 0. The van der Waals surface area contributed by atoms with Gasteiger partial charge in [0, 0.05) is 30.3 Å². The molecule has 0 heterocycles. The number of benzene rings is 2. The molecule has 0 radical (unpaired) electrons. The van der Waals surface area contributed by atoms with Crippen molar-refractivity contribution in [2.75, 3.05) is 32.8 Å². The van der Waals surface area contributed by atoms with Crippen LogP contribution in [0.3, 0.4) is 0 Å². The Hall–Kier alpha value is -1.33. The van der Waals surface area contributed by atoms with Crippen molar-refractivity contribution in [1.29, 1.82) is 0 Å². The lowest BCUT2D eigenvalue weighted by molar-refractivity contribution is 0.162. The lowest BCUT2D eigenvalue weighted by Crippen LogP contribution is -2.31. The second kappa shape index (κ2) is 10.4. The molecule has 0 saturated heterocycles. The minimum Gasteiger partial charge on any atom is -0.395 e. The van der Waals surface area contributed by atoms with Crippen molar-refractivity contribution in [3.05, 3.63) is 65.7 Å². The number of hydrogen-bond donors (Lipinski definition) is 2. The summed E-state index contributed by atoms with van der Waals surface area (Å²) in [4.78, 5) is 3.37. The molecule has 2 N–H and O–H groups in total. The van der Waals surface area contributed by atoms with E-state index in [9.17, 15) is 0 Å². The molecule has 2 aromatic carbocycles. The minimum absolute atomic E-state index is 0.135. The molecular weight excluding hydrogens is 306 g/mol. The lowest BCUT2D eigenvalue weighted by atomic mass is 10.1. The van der Waals surface area contributed by atoms with E-state index in [1.807, 2.05) is 17.8 Å². The van der Waals surface area contributed by atoms with Gasteiger partial charge in [-0.3, -0.25) is 4.90 Å². The van der Waals surface area contributed by atoms with Crippen LogP contribution in [0.4, 0.5) is 0 Å². The first-order valence-corrected chi connectivity index (χ1v) is 9.00. The summed E-state index contributed by atoms with van der Waals surface area (Å²) in [7, 11) is 0. The van der Waals surface area contributed by atoms with Gasteiger partial charge in [0.1, 0.15) is 0 Å². The molecule has 4 heteroatoms. The number of aliphatic hydroxyl groups excluding tert-OH is 2. The molecule has 0 aliphatic heterocycles. The SMILES string of the molecule is OCCN(CCO)CCc1ccc(CSc2ccccc2)cc1. The summed E-state index contributed by atoms with van der Waals surface area (Å²) in [5.41, 5.74) is 2.62. The molecule has 0 bridgehead atoms. The number of rotatable bonds is 10. The van der Waals surface area contributed by atoms with Gasteiger partial charge >= 0.3 is 0 Å². The highest BCUT2D eigenvalue weighted by Gasteiger charge is 2.04. The summed E-state index contributed by atoms with van der Waals surface area (Å²) in [6.07, 6.45) is 0.937. The maximum Gasteiger partial charge on any atom is 0.0558 e. The fourth-order valence-electron chi connectivity index (χ4n) is 2.39. The van der Waals surface area contributed by atoms with E-state index in [1.54, 1.807) is 0 Å². The first kappa shape index (κ1) is 18.0. The van der Waals surface area contributed by atoms with Crippen LogP contribution in [0.1, 0.15) is 11.1 Å². The van der Waals surface area contributed by atoms with Crippen LogP contribution in [0.15, 0.2) is 59.5 Å². The zero-order valence-corrected chi connectivity index (χ0v) is 14.2. The van der Waals surface area contributed by atoms with Gasteiger partial charge < -0.3 is 10.2 Å².